The molecule has 0 radical (unpaired) electrons. The fourth-order valence-corrected chi connectivity index (χ4v) is 7.06. The number of benzene rings is 2. The molecule has 2 atom stereocenters. The number of hydrazine groups is 1. The van der Waals surface area contributed by atoms with Gasteiger partial charge in [0.2, 0.25) is 5.91 Å². The summed E-state index contributed by atoms with van der Waals surface area (Å²) in [7, 11) is 0. The Kier molecular flexibility index (Phi) is 16.1. The quantitative estimate of drug-likeness (QED) is 0.0986. The highest BCUT2D eigenvalue weighted by Gasteiger charge is 2.40. The zero-order valence-corrected chi connectivity index (χ0v) is 29.1. The van der Waals surface area contributed by atoms with E-state index in [4.69, 9.17) is 51.5 Å². The highest BCUT2D eigenvalue weighted by atomic mass is 35.5. The number of carboxylic acid groups (broad SMARTS) is 1. The molecule has 1 heterocycles. The van der Waals surface area contributed by atoms with Gasteiger partial charge in [0.25, 0.3) is 5.91 Å². The van der Waals surface area contributed by atoms with Crippen molar-refractivity contribution in [1.82, 2.24) is 5.43 Å². The van der Waals surface area contributed by atoms with Gasteiger partial charge in [-0.3, -0.25) is 19.8 Å². The second kappa shape index (κ2) is 19.5. The van der Waals surface area contributed by atoms with Crippen LogP contribution in [0, 0.1) is 0 Å². The normalized spacial score (nSPS) is 16.2. The van der Waals surface area contributed by atoms with Crippen molar-refractivity contribution in [3.05, 3.63) is 51.5 Å². The Bertz CT molecular complexity index is 1320. The summed E-state index contributed by atoms with van der Waals surface area (Å²) in [5.41, 5.74) is 4.15. The van der Waals surface area contributed by atoms with Crippen molar-refractivity contribution in [2.45, 2.75) is 94.6 Å². The molecule has 3 rings (SSSR count). The predicted molar refractivity (Wildman–Crippen MR) is 189 cm³/mol. The number of hydrogen-bond acceptors (Lipinski definition) is 5. The van der Waals surface area contributed by atoms with Crippen LogP contribution in [-0.4, -0.2) is 45.1 Å². The molecule has 1 aliphatic rings. The fraction of sp³-hybridized carbons (Fsp3) is 0.500. The average molecular weight is 719 g/mol. The third-order valence-corrected chi connectivity index (χ3v) is 9.59. The van der Waals surface area contributed by atoms with Gasteiger partial charge in [-0.05, 0) is 36.8 Å². The summed E-state index contributed by atoms with van der Waals surface area (Å²) >= 11 is 26.4. The van der Waals surface area contributed by atoms with Gasteiger partial charge in [0.05, 0.1) is 22.2 Å². The number of aliphatic imine (C=N–C) groups is 1. The number of carbonyl (C=O) groups is 3. The molecule has 2 aromatic rings. The van der Waals surface area contributed by atoms with Crippen molar-refractivity contribution < 1.29 is 19.5 Å². The predicted octanol–water partition coefficient (Wildman–Crippen LogP) is 9.66. The largest absolute Gasteiger partial charge is 0.481 e. The highest BCUT2D eigenvalue weighted by Crippen LogP contribution is 2.39. The Labute approximate surface area is 289 Å². The smallest absolute Gasteiger partial charge is 0.304 e. The minimum atomic E-state index is -0.978. The maximum atomic E-state index is 13.5. The monoisotopic (exact) mass is 716 g/mol. The Morgan fingerprint density at radius 2 is 1.62 bits per heavy atom. The number of thioether (sulfide) groups is 1. The first kappa shape index (κ1) is 37.3. The van der Waals surface area contributed by atoms with Crippen molar-refractivity contribution in [2.24, 2.45) is 4.99 Å². The van der Waals surface area contributed by atoms with Gasteiger partial charge >= 0.3 is 5.97 Å². The lowest BCUT2D eigenvalue weighted by atomic mass is 10.1. The van der Waals surface area contributed by atoms with Gasteiger partial charge in [0.1, 0.15) is 22.2 Å². The highest BCUT2D eigenvalue weighted by molar-refractivity contribution is 8.01. The minimum Gasteiger partial charge on any atom is -0.481 e. The van der Waals surface area contributed by atoms with Gasteiger partial charge in [-0.15, -0.1) is 23.4 Å². The van der Waals surface area contributed by atoms with E-state index < -0.39 is 22.5 Å². The molecule has 1 saturated heterocycles. The van der Waals surface area contributed by atoms with Gasteiger partial charge in [-0.25, -0.2) is 10.0 Å². The number of nitrogens with zero attached hydrogens (tertiary/aromatic N) is 2. The van der Waals surface area contributed by atoms with Crippen LogP contribution in [0.4, 0.5) is 17.1 Å². The summed E-state index contributed by atoms with van der Waals surface area (Å²) in [6, 6.07) is 9.79. The Hall–Kier alpha value is -2.17. The van der Waals surface area contributed by atoms with E-state index in [9.17, 15) is 14.4 Å². The van der Waals surface area contributed by atoms with Crippen molar-refractivity contribution in [1.29, 1.82) is 0 Å². The first-order chi connectivity index (χ1) is 21.6. The summed E-state index contributed by atoms with van der Waals surface area (Å²) in [5.74, 6) is -1.25. The molecular formula is C32H40Cl4N4O4S. The van der Waals surface area contributed by atoms with Crippen molar-refractivity contribution >= 4 is 98.8 Å². The fourth-order valence-electron chi connectivity index (χ4n) is 4.83. The topological polar surface area (TPSA) is 111 Å². The molecule has 2 aromatic carbocycles. The van der Waals surface area contributed by atoms with Crippen LogP contribution in [0.25, 0.3) is 0 Å². The second-order valence-electron chi connectivity index (χ2n) is 10.9. The van der Waals surface area contributed by atoms with Gasteiger partial charge in [0.15, 0.2) is 0 Å². The molecule has 0 spiro atoms. The molecule has 246 valence electrons. The lowest BCUT2D eigenvalue weighted by molar-refractivity contribution is -0.136. The number of anilines is 2. The Morgan fingerprint density at radius 1 is 1.00 bits per heavy atom. The number of nitrogens with one attached hydrogen (secondary N) is 2. The molecule has 2 amide bonds. The second-order valence-corrected chi connectivity index (χ2v) is 13.9. The van der Waals surface area contributed by atoms with Gasteiger partial charge in [-0.1, -0.05) is 112 Å². The van der Waals surface area contributed by atoms with E-state index in [-0.39, 0.29) is 39.6 Å². The first-order valence-electron chi connectivity index (χ1n) is 15.3. The number of carbonyl (C=O) groups excluding carboxylic acids is 2. The molecule has 0 saturated carbocycles. The van der Waals surface area contributed by atoms with Crippen molar-refractivity contribution in [3.8, 4) is 0 Å². The van der Waals surface area contributed by atoms with E-state index in [0.717, 1.165) is 31.0 Å². The van der Waals surface area contributed by atoms with Crippen LogP contribution < -0.4 is 15.8 Å². The van der Waals surface area contributed by atoms with Crippen LogP contribution in [0.1, 0.15) is 84.0 Å². The van der Waals surface area contributed by atoms with E-state index in [0.29, 0.717) is 22.8 Å². The summed E-state index contributed by atoms with van der Waals surface area (Å²) < 4.78 is 0. The van der Waals surface area contributed by atoms with Crippen LogP contribution in [0.2, 0.25) is 15.1 Å². The SMILES string of the molecule is CCCCCCCCCCCCC(Cl)C(=O)Nc1cccc(N=C2NN(c3c(Cl)cc(Cl)cc3Cl)C(=O)C2SCCC(=O)O)c1. The van der Waals surface area contributed by atoms with E-state index in [1.807, 2.05) is 0 Å². The summed E-state index contributed by atoms with van der Waals surface area (Å²) in [4.78, 5) is 42.0. The summed E-state index contributed by atoms with van der Waals surface area (Å²) in [5, 5.41) is 12.3. The number of halogens is 4. The van der Waals surface area contributed by atoms with E-state index in [1.165, 1.54) is 62.1 Å². The number of carboxylic acids is 1. The summed E-state index contributed by atoms with van der Waals surface area (Å²) in [6.07, 6.45) is 12.6. The van der Waals surface area contributed by atoms with Gasteiger partial charge in [-0.2, -0.15) is 0 Å². The molecule has 3 N–H and O–H groups in total. The van der Waals surface area contributed by atoms with Crippen LogP contribution in [-0.2, 0) is 14.4 Å². The number of amides is 2. The lowest BCUT2D eigenvalue weighted by Gasteiger charge is -2.19. The molecule has 2 unspecified atom stereocenters. The van der Waals surface area contributed by atoms with Crippen molar-refractivity contribution in [3.63, 3.8) is 0 Å². The van der Waals surface area contributed by atoms with Crippen LogP contribution in [0.5, 0.6) is 0 Å². The zero-order valence-electron chi connectivity index (χ0n) is 25.3. The number of unbranched alkanes of at least 4 members (excludes halogenated alkanes) is 9. The first-order valence-corrected chi connectivity index (χ1v) is 17.9. The van der Waals surface area contributed by atoms with Gasteiger partial charge < -0.3 is 10.4 Å². The third-order valence-electron chi connectivity index (χ3n) is 7.18. The van der Waals surface area contributed by atoms with Crippen molar-refractivity contribution in [2.75, 3.05) is 16.1 Å². The lowest BCUT2D eigenvalue weighted by Crippen LogP contribution is -2.36. The maximum Gasteiger partial charge on any atom is 0.304 e. The third kappa shape index (κ3) is 12.2. The molecular weight excluding hydrogens is 678 g/mol. The molecule has 45 heavy (non-hydrogen) atoms. The number of alkyl halides is 1. The Morgan fingerprint density at radius 3 is 2.24 bits per heavy atom. The zero-order chi connectivity index (χ0) is 32.8. The van der Waals surface area contributed by atoms with Crippen LogP contribution in [0.15, 0.2) is 41.4 Å². The number of aliphatic carboxylic acids is 1. The molecule has 1 fully saturated rings. The number of rotatable bonds is 19. The molecule has 0 aromatic heterocycles. The van der Waals surface area contributed by atoms with E-state index in [1.54, 1.807) is 24.3 Å². The van der Waals surface area contributed by atoms with Crippen LogP contribution >= 0.6 is 58.2 Å². The number of amidine groups is 1. The minimum absolute atomic E-state index is 0.135. The summed E-state index contributed by atoms with van der Waals surface area (Å²) in [6.45, 7) is 2.23. The van der Waals surface area contributed by atoms with E-state index in [2.05, 4.69) is 22.7 Å². The standard InChI is InChI=1S/C32H40Cl4N4O4S/c1-2-3-4-5-6-7-8-9-10-11-15-24(34)31(43)38-23-14-12-13-22(20-23)37-30-29(45-17-16-27(41)42)32(44)40(39-30)28-25(35)18-21(33)19-26(28)36/h12-14,18-20,24,29H,2-11,15-17H2,1H3,(H,37,39)(H,38,43)(H,41,42). The van der Waals surface area contributed by atoms with Gasteiger partial charge in [0, 0.05) is 16.5 Å². The average Bonchev–Trinajstić information content (AvgIpc) is 3.27. The molecule has 13 heteroatoms. The molecule has 1 aliphatic heterocycles. The Balaban J connectivity index is 1.61. The molecule has 0 aliphatic carbocycles. The molecule has 8 nitrogen and oxygen atoms in total. The van der Waals surface area contributed by atoms with Crippen LogP contribution in [0.3, 0.4) is 0 Å². The maximum absolute atomic E-state index is 13.5. The number of hydrogen-bond donors (Lipinski definition) is 3. The molecule has 0 bridgehead atoms. The van der Waals surface area contributed by atoms with E-state index >= 15 is 0 Å².